The average molecular weight is 298 g/mol. The van der Waals surface area contributed by atoms with E-state index in [9.17, 15) is 4.39 Å². The largest absolute Gasteiger partial charge is 0.383 e. The second kappa shape index (κ2) is 7.38. The van der Waals surface area contributed by atoms with Crippen molar-refractivity contribution in [2.75, 3.05) is 20.3 Å². The topological polar surface area (TPSA) is 39.1 Å². The van der Waals surface area contributed by atoms with Gasteiger partial charge in [-0.2, -0.15) is 5.10 Å². The molecule has 0 saturated heterocycles. The number of hydrogen-bond donors (Lipinski definition) is 1. The summed E-state index contributed by atoms with van der Waals surface area (Å²) in [6.45, 7) is 2.43. The molecule has 6 heteroatoms. The lowest BCUT2D eigenvalue weighted by molar-refractivity contribution is 0.199. The molecule has 0 aliphatic carbocycles. The molecule has 2 rings (SSSR count). The van der Waals surface area contributed by atoms with Crippen molar-refractivity contribution >= 4 is 11.6 Å². The third kappa shape index (κ3) is 3.79. The molecule has 0 amide bonds. The van der Waals surface area contributed by atoms with Gasteiger partial charge in [-0.25, -0.2) is 4.39 Å². The lowest BCUT2D eigenvalue weighted by atomic mass is 10.2. The lowest BCUT2D eigenvalue weighted by Crippen LogP contribution is -2.21. The predicted molar refractivity (Wildman–Crippen MR) is 76.3 cm³/mol. The number of halogens is 2. The Bertz CT molecular complexity index is 559. The Kier molecular flexibility index (Phi) is 5.52. The maximum Gasteiger partial charge on any atom is 0.146 e. The second-order valence-electron chi connectivity index (χ2n) is 4.36. The minimum absolute atomic E-state index is 0.134. The number of nitrogens with one attached hydrogen (secondary N) is 1. The van der Waals surface area contributed by atoms with Gasteiger partial charge in [-0.05, 0) is 12.1 Å². The summed E-state index contributed by atoms with van der Waals surface area (Å²) in [5.74, 6) is -0.386. The van der Waals surface area contributed by atoms with E-state index in [-0.39, 0.29) is 10.8 Å². The number of hydrogen-bond acceptors (Lipinski definition) is 3. The molecule has 0 spiro atoms. The van der Waals surface area contributed by atoms with Crippen LogP contribution in [0.1, 0.15) is 11.3 Å². The number of benzene rings is 1. The lowest BCUT2D eigenvalue weighted by Gasteiger charge is -2.10. The zero-order chi connectivity index (χ0) is 14.4. The van der Waals surface area contributed by atoms with Crippen molar-refractivity contribution in [2.45, 2.75) is 13.1 Å². The van der Waals surface area contributed by atoms with E-state index in [1.54, 1.807) is 30.1 Å². The summed E-state index contributed by atoms with van der Waals surface area (Å²) in [6, 6.07) is 6.89. The number of nitrogens with zero attached hydrogens (tertiary/aromatic N) is 2. The predicted octanol–water partition coefficient (Wildman–Crippen LogP) is 2.46. The maximum atomic E-state index is 13.9. The van der Waals surface area contributed by atoms with Crippen LogP contribution >= 0.6 is 11.6 Å². The van der Waals surface area contributed by atoms with E-state index in [0.717, 1.165) is 12.2 Å². The third-order valence-electron chi connectivity index (χ3n) is 2.95. The fourth-order valence-corrected chi connectivity index (χ4v) is 2.07. The minimum atomic E-state index is -0.386. The van der Waals surface area contributed by atoms with Crippen LogP contribution in [0, 0.1) is 5.82 Å². The smallest absolute Gasteiger partial charge is 0.146 e. The summed E-state index contributed by atoms with van der Waals surface area (Å²) in [7, 11) is 1.66. The van der Waals surface area contributed by atoms with E-state index in [2.05, 4.69) is 10.4 Å². The average Bonchev–Trinajstić information content (AvgIpc) is 2.87. The standard InChI is InChI=1S/C14H17ClFN3O/c1-20-8-7-17-9-12-5-6-18-19(12)10-11-3-2-4-13(15)14(11)16/h2-6,17H,7-10H2,1H3. The van der Waals surface area contributed by atoms with Gasteiger partial charge in [0, 0.05) is 32.0 Å². The number of methoxy groups -OCH3 is 1. The molecule has 0 saturated carbocycles. The normalized spacial score (nSPS) is 10.9. The van der Waals surface area contributed by atoms with Gasteiger partial charge in [0.1, 0.15) is 5.82 Å². The number of ether oxygens (including phenoxy) is 1. The molecule has 1 N–H and O–H groups in total. The zero-order valence-electron chi connectivity index (χ0n) is 11.3. The highest BCUT2D eigenvalue weighted by Gasteiger charge is 2.09. The Morgan fingerprint density at radius 3 is 3.05 bits per heavy atom. The summed E-state index contributed by atoms with van der Waals surface area (Å²) in [5, 5.41) is 7.59. The second-order valence-corrected chi connectivity index (χ2v) is 4.77. The van der Waals surface area contributed by atoms with Gasteiger partial charge < -0.3 is 10.1 Å². The maximum absolute atomic E-state index is 13.9. The molecular formula is C14H17ClFN3O. The van der Waals surface area contributed by atoms with Crippen molar-refractivity contribution in [2.24, 2.45) is 0 Å². The van der Waals surface area contributed by atoms with E-state index in [1.165, 1.54) is 6.07 Å². The zero-order valence-corrected chi connectivity index (χ0v) is 12.0. The van der Waals surface area contributed by atoms with E-state index in [4.69, 9.17) is 16.3 Å². The molecule has 0 atom stereocenters. The first-order chi connectivity index (χ1) is 9.72. The van der Waals surface area contributed by atoms with Gasteiger partial charge >= 0.3 is 0 Å². The molecule has 1 aromatic carbocycles. The van der Waals surface area contributed by atoms with Gasteiger partial charge in [0.2, 0.25) is 0 Å². The van der Waals surface area contributed by atoms with Crippen molar-refractivity contribution in [3.05, 3.63) is 52.6 Å². The Hall–Kier alpha value is -1.43. The van der Waals surface area contributed by atoms with E-state index < -0.39 is 0 Å². The Morgan fingerprint density at radius 2 is 2.25 bits per heavy atom. The molecular weight excluding hydrogens is 281 g/mol. The van der Waals surface area contributed by atoms with Crippen LogP contribution in [0.15, 0.2) is 30.5 Å². The highest BCUT2D eigenvalue weighted by atomic mass is 35.5. The van der Waals surface area contributed by atoms with Gasteiger partial charge in [-0.15, -0.1) is 0 Å². The van der Waals surface area contributed by atoms with Crippen LogP contribution in [-0.2, 0) is 17.8 Å². The van der Waals surface area contributed by atoms with Crippen molar-refractivity contribution in [1.82, 2.24) is 15.1 Å². The molecule has 0 aliphatic rings. The Labute approximate surface area is 122 Å². The highest BCUT2D eigenvalue weighted by molar-refractivity contribution is 6.30. The fourth-order valence-electron chi connectivity index (χ4n) is 1.88. The van der Waals surface area contributed by atoms with Crippen LogP contribution in [0.5, 0.6) is 0 Å². The minimum Gasteiger partial charge on any atom is -0.383 e. The van der Waals surface area contributed by atoms with E-state index in [0.29, 0.717) is 25.3 Å². The van der Waals surface area contributed by atoms with Crippen molar-refractivity contribution in [3.63, 3.8) is 0 Å². The molecule has 0 bridgehead atoms. The molecule has 0 unspecified atom stereocenters. The Balaban J connectivity index is 2.03. The highest BCUT2D eigenvalue weighted by Crippen LogP contribution is 2.19. The molecule has 0 radical (unpaired) electrons. The monoisotopic (exact) mass is 297 g/mol. The van der Waals surface area contributed by atoms with Crippen molar-refractivity contribution < 1.29 is 9.13 Å². The molecule has 1 aromatic heterocycles. The van der Waals surface area contributed by atoms with Crippen LogP contribution in [0.3, 0.4) is 0 Å². The summed E-state index contributed by atoms with van der Waals surface area (Å²) in [4.78, 5) is 0. The summed E-state index contributed by atoms with van der Waals surface area (Å²) >= 11 is 5.78. The number of aromatic nitrogens is 2. The first-order valence-electron chi connectivity index (χ1n) is 6.35. The van der Waals surface area contributed by atoms with E-state index in [1.807, 2.05) is 6.07 Å². The summed E-state index contributed by atoms with van der Waals surface area (Å²) in [5.41, 5.74) is 1.51. The number of rotatable bonds is 7. The third-order valence-corrected chi connectivity index (χ3v) is 3.24. The molecule has 0 aliphatic heterocycles. The fraction of sp³-hybridized carbons (Fsp3) is 0.357. The van der Waals surface area contributed by atoms with Gasteiger partial charge in [0.05, 0.1) is 23.9 Å². The van der Waals surface area contributed by atoms with Gasteiger partial charge in [-0.1, -0.05) is 23.7 Å². The van der Waals surface area contributed by atoms with Crippen LogP contribution in [0.25, 0.3) is 0 Å². The molecule has 0 fully saturated rings. The van der Waals surface area contributed by atoms with Gasteiger partial charge in [0.15, 0.2) is 0 Å². The quantitative estimate of drug-likeness (QED) is 0.798. The molecule has 4 nitrogen and oxygen atoms in total. The molecule has 2 aromatic rings. The first kappa shape index (κ1) is 15.0. The summed E-state index contributed by atoms with van der Waals surface area (Å²) in [6.07, 6.45) is 1.70. The van der Waals surface area contributed by atoms with Crippen LogP contribution in [-0.4, -0.2) is 30.0 Å². The molecule has 108 valence electrons. The van der Waals surface area contributed by atoms with E-state index >= 15 is 0 Å². The van der Waals surface area contributed by atoms with Crippen LogP contribution in [0.2, 0.25) is 5.02 Å². The Morgan fingerprint density at radius 1 is 1.40 bits per heavy atom. The molecule has 1 heterocycles. The van der Waals surface area contributed by atoms with Crippen LogP contribution in [0.4, 0.5) is 4.39 Å². The first-order valence-corrected chi connectivity index (χ1v) is 6.73. The molecule has 20 heavy (non-hydrogen) atoms. The van der Waals surface area contributed by atoms with Crippen molar-refractivity contribution in [1.29, 1.82) is 0 Å². The van der Waals surface area contributed by atoms with Crippen LogP contribution < -0.4 is 5.32 Å². The van der Waals surface area contributed by atoms with Crippen molar-refractivity contribution in [3.8, 4) is 0 Å². The SMILES string of the molecule is COCCNCc1ccnn1Cc1cccc(Cl)c1F. The van der Waals surface area contributed by atoms with Gasteiger partial charge in [-0.3, -0.25) is 4.68 Å². The summed E-state index contributed by atoms with van der Waals surface area (Å²) < 4.78 is 20.6. The van der Waals surface area contributed by atoms with Gasteiger partial charge in [0.25, 0.3) is 0 Å².